The van der Waals surface area contributed by atoms with Crippen molar-refractivity contribution in [3.8, 4) is 0 Å². The van der Waals surface area contributed by atoms with Gasteiger partial charge in [-0.3, -0.25) is 19.7 Å². The molecule has 3 aromatic rings. The van der Waals surface area contributed by atoms with Crippen LogP contribution in [0.5, 0.6) is 0 Å². The van der Waals surface area contributed by atoms with Gasteiger partial charge < -0.3 is 9.88 Å². The van der Waals surface area contributed by atoms with E-state index < -0.39 is 10.8 Å². The van der Waals surface area contributed by atoms with Gasteiger partial charge in [-0.1, -0.05) is 35.9 Å². The van der Waals surface area contributed by atoms with Crippen LogP contribution in [0, 0.1) is 17.0 Å². The van der Waals surface area contributed by atoms with Gasteiger partial charge in [0.25, 0.3) is 17.2 Å². The van der Waals surface area contributed by atoms with Gasteiger partial charge in [-0.15, -0.1) is 0 Å². The number of nitrogens with one attached hydrogen (secondary N) is 1. The summed E-state index contributed by atoms with van der Waals surface area (Å²) in [6, 6.07) is 16.2. The highest BCUT2D eigenvalue weighted by atomic mass is 16.6. The molecular weight excluding hydrogens is 346 g/mol. The van der Waals surface area contributed by atoms with Gasteiger partial charge in [0.05, 0.1) is 17.0 Å². The minimum Gasteiger partial charge on any atom is -0.322 e. The van der Waals surface area contributed by atoms with Gasteiger partial charge in [0.1, 0.15) is 0 Å². The number of hydrogen-bond acceptors (Lipinski definition) is 4. The first kappa shape index (κ1) is 18.1. The average molecular weight is 363 g/mol. The van der Waals surface area contributed by atoms with E-state index >= 15 is 0 Å². The highest BCUT2D eigenvalue weighted by molar-refractivity contribution is 6.04. The molecule has 1 aromatic heterocycles. The zero-order chi connectivity index (χ0) is 19.4. The number of nitrogens with zero attached hydrogens (tertiary/aromatic N) is 2. The van der Waals surface area contributed by atoms with Crippen molar-refractivity contribution in [1.82, 2.24) is 4.57 Å². The molecule has 0 unspecified atom stereocenters. The van der Waals surface area contributed by atoms with Crippen LogP contribution in [0.25, 0.3) is 0 Å². The number of benzene rings is 2. The minimum atomic E-state index is -0.530. The fourth-order valence-electron chi connectivity index (χ4n) is 2.70. The lowest BCUT2D eigenvalue weighted by Crippen LogP contribution is -2.22. The van der Waals surface area contributed by atoms with Crippen LogP contribution < -0.4 is 10.9 Å². The van der Waals surface area contributed by atoms with Crippen LogP contribution >= 0.6 is 0 Å². The Morgan fingerprint density at radius 3 is 2.63 bits per heavy atom. The summed E-state index contributed by atoms with van der Waals surface area (Å²) >= 11 is 0. The van der Waals surface area contributed by atoms with Gasteiger partial charge in [0.15, 0.2) is 0 Å². The molecule has 1 amide bonds. The standard InChI is InChI=1S/C20H17N3O4/c1-14-4-2-5-15(10-14)12-22-13-16(8-9-19(22)24)20(25)21-17-6-3-7-18(11-17)23(26)27/h2-11,13H,12H2,1H3,(H,21,25). The Morgan fingerprint density at radius 1 is 1.11 bits per heavy atom. The van der Waals surface area contributed by atoms with Crippen molar-refractivity contribution in [3.63, 3.8) is 0 Å². The van der Waals surface area contributed by atoms with Crippen LogP contribution in [-0.4, -0.2) is 15.4 Å². The van der Waals surface area contributed by atoms with Gasteiger partial charge in [0.2, 0.25) is 0 Å². The number of aryl methyl sites for hydroxylation is 1. The molecule has 0 aliphatic rings. The van der Waals surface area contributed by atoms with E-state index in [4.69, 9.17) is 0 Å². The lowest BCUT2D eigenvalue weighted by molar-refractivity contribution is -0.384. The fraction of sp³-hybridized carbons (Fsp3) is 0.100. The molecule has 0 bridgehead atoms. The summed E-state index contributed by atoms with van der Waals surface area (Å²) in [4.78, 5) is 34.9. The summed E-state index contributed by atoms with van der Waals surface area (Å²) in [5, 5.41) is 13.5. The summed E-state index contributed by atoms with van der Waals surface area (Å²) in [5.74, 6) is -0.450. The Balaban J connectivity index is 1.82. The van der Waals surface area contributed by atoms with Gasteiger partial charge in [0, 0.05) is 30.1 Å². The Morgan fingerprint density at radius 2 is 1.89 bits per heavy atom. The van der Waals surface area contributed by atoms with Crippen molar-refractivity contribution in [2.24, 2.45) is 0 Å². The number of rotatable bonds is 5. The first-order valence-electron chi connectivity index (χ1n) is 8.24. The number of anilines is 1. The summed E-state index contributed by atoms with van der Waals surface area (Å²) < 4.78 is 1.46. The summed E-state index contributed by atoms with van der Waals surface area (Å²) in [6.45, 7) is 2.31. The lowest BCUT2D eigenvalue weighted by atomic mass is 10.1. The quantitative estimate of drug-likeness (QED) is 0.555. The highest BCUT2D eigenvalue weighted by Gasteiger charge is 2.11. The SMILES string of the molecule is Cc1cccc(Cn2cc(C(=O)Nc3cccc([N+](=O)[O-])c3)ccc2=O)c1. The summed E-state index contributed by atoms with van der Waals surface area (Å²) in [7, 11) is 0. The topological polar surface area (TPSA) is 94.2 Å². The Hall–Kier alpha value is -3.74. The Kier molecular flexibility index (Phi) is 5.12. The van der Waals surface area contributed by atoms with Crippen molar-refractivity contribution >= 4 is 17.3 Å². The number of pyridine rings is 1. The van der Waals surface area contributed by atoms with Crippen LogP contribution in [0.2, 0.25) is 0 Å². The normalized spacial score (nSPS) is 10.4. The highest BCUT2D eigenvalue weighted by Crippen LogP contribution is 2.17. The van der Waals surface area contributed by atoms with E-state index in [1.807, 2.05) is 31.2 Å². The van der Waals surface area contributed by atoms with E-state index in [0.717, 1.165) is 11.1 Å². The zero-order valence-electron chi connectivity index (χ0n) is 14.6. The van der Waals surface area contributed by atoms with Crippen molar-refractivity contribution in [3.05, 3.63) is 104 Å². The van der Waals surface area contributed by atoms with Crippen molar-refractivity contribution in [2.75, 3.05) is 5.32 Å². The second-order valence-electron chi connectivity index (χ2n) is 6.13. The van der Waals surface area contributed by atoms with E-state index in [-0.39, 0.29) is 16.8 Å². The number of nitro benzene ring substituents is 1. The number of nitro groups is 1. The van der Waals surface area contributed by atoms with Crippen LogP contribution in [0.4, 0.5) is 11.4 Å². The molecule has 136 valence electrons. The molecule has 0 saturated carbocycles. The first-order valence-corrected chi connectivity index (χ1v) is 8.24. The maximum absolute atomic E-state index is 12.5. The maximum atomic E-state index is 12.5. The molecule has 0 radical (unpaired) electrons. The predicted octanol–water partition coefficient (Wildman–Crippen LogP) is 3.37. The van der Waals surface area contributed by atoms with Crippen molar-refractivity contribution in [1.29, 1.82) is 0 Å². The molecule has 2 aromatic carbocycles. The molecule has 0 aliphatic carbocycles. The number of hydrogen-bond donors (Lipinski definition) is 1. The molecule has 0 spiro atoms. The predicted molar refractivity (Wildman–Crippen MR) is 102 cm³/mol. The van der Waals surface area contributed by atoms with Crippen LogP contribution in [-0.2, 0) is 6.54 Å². The number of carbonyl (C=O) groups is 1. The van der Waals surface area contributed by atoms with Crippen molar-refractivity contribution in [2.45, 2.75) is 13.5 Å². The molecule has 7 nitrogen and oxygen atoms in total. The number of amides is 1. The Labute approximate surface area is 155 Å². The molecule has 0 saturated heterocycles. The summed E-state index contributed by atoms with van der Waals surface area (Å²) in [5.41, 5.74) is 2.30. The van der Waals surface area contributed by atoms with Crippen LogP contribution in [0.15, 0.2) is 71.7 Å². The first-order chi connectivity index (χ1) is 12.9. The van der Waals surface area contributed by atoms with Crippen LogP contribution in [0.3, 0.4) is 0 Å². The second-order valence-corrected chi connectivity index (χ2v) is 6.13. The van der Waals surface area contributed by atoms with E-state index in [9.17, 15) is 19.7 Å². The van der Waals surface area contributed by atoms with Crippen molar-refractivity contribution < 1.29 is 9.72 Å². The molecule has 0 atom stereocenters. The second kappa shape index (κ2) is 7.65. The smallest absolute Gasteiger partial charge is 0.271 e. The largest absolute Gasteiger partial charge is 0.322 e. The maximum Gasteiger partial charge on any atom is 0.271 e. The molecule has 27 heavy (non-hydrogen) atoms. The Bertz CT molecular complexity index is 1070. The lowest BCUT2D eigenvalue weighted by Gasteiger charge is -2.10. The zero-order valence-corrected chi connectivity index (χ0v) is 14.6. The minimum absolute atomic E-state index is 0.114. The fourth-order valence-corrected chi connectivity index (χ4v) is 2.70. The van der Waals surface area contributed by atoms with Gasteiger partial charge in [-0.25, -0.2) is 0 Å². The third kappa shape index (κ3) is 4.46. The van der Waals surface area contributed by atoms with Gasteiger partial charge in [-0.05, 0) is 24.6 Å². The third-order valence-electron chi connectivity index (χ3n) is 4.00. The molecule has 1 heterocycles. The van der Waals surface area contributed by atoms with E-state index in [1.54, 1.807) is 6.07 Å². The molecule has 3 rings (SSSR count). The monoisotopic (exact) mass is 363 g/mol. The van der Waals surface area contributed by atoms with Gasteiger partial charge >= 0.3 is 0 Å². The van der Waals surface area contributed by atoms with E-state index in [1.165, 1.54) is 41.1 Å². The number of carbonyl (C=O) groups excluding carboxylic acids is 1. The number of aromatic nitrogens is 1. The molecule has 7 heteroatoms. The van der Waals surface area contributed by atoms with Gasteiger partial charge in [-0.2, -0.15) is 0 Å². The van der Waals surface area contributed by atoms with E-state index in [0.29, 0.717) is 12.2 Å². The van der Waals surface area contributed by atoms with Crippen LogP contribution in [0.1, 0.15) is 21.5 Å². The molecular formula is C20H17N3O4. The summed E-state index contributed by atoms with van der Waals surface area (Å²) in [6.07, 6.45) is 1.48. The molecule has 0 fully saturated rings. The third-order valence-corrected chi connectivity index (χ3v) is 4.00. The average Bonchev–Trinajstić information content (AvgIpc) is 2.63. The number of non-ortho nitro benzene ring substituents is 1. The molecule has 0 aliphatic heterocycles. The molecule has 1 N–H and O–H groups in total. The van der Waals surface area contributed by atoms with E-state index in [2.05, 4.69) is 5.32 Å².